The molecule has 6 heteroatoms. The Bertz CT molecular complexity index is 472. The Labute approximate surface area is 157 Å². The highest BCUT2D eigenvalue weighted by Gasteiger charge is 2.37. The molecule has 1 atom stereocenters. The van der Waals surface area contributed by atoms with Crippen LogP contribution in [0.15, 0.2) is 0 Å². The number of hydrogen-bond acceptors (Lipinski definition) is 4. The largest absolute Gasteiger partial charge is 0.381 e. The number of rotatable bonds is 6. The second-order valence-corrected chi connectivity index (χ2v) is 8.07. The number of carbonyl (C=O) groups is 2. The first-order valence-electron chi connectivity index (χ1n) is 10.3. The predicted molar refractivity (Wildman–Crippen MR) is 98.7 cm³/mol. The van der Waals surface area contributed by atoms with Crippen molar-refractivity contribution in [2.24, 2.45) is 5.92 Å². The molecule has 1 aliphatic carbocycles. The average Bonchev–Trinajstić information content (AvgIpc) is 3.14. The lowest BCUT2D eigenvalue weighted by Gasteiger charge is -2.38. The van der Waals surface area contributed by atoms with Gasteiger partial charge in [-0.1, -0.05) is 19.3 Å². The van der Waals surface area contributed by atoms with Gasteiger partial charge in [-0.3, -0.25) is 9.59 Å². The van der Waals surface area contributed by atoms with Crippen LogP contribution in [0.25, 0.3) is 0 Å². The van der Waals surface area contributed by atoms with Gasteiger partial charge in [0.25, 0.3) is 0 Å². The molecular formula is C20H34N2O4. The van der Waals surface area contributed by atoms with Crippen LogP contribution in [0.4, 0.5) is 0 Å². The molecule has 0 aromatic rings. The summed E-state index contributed by atoms with van der Waals surface area (Å²) >= 11 is 0. The molecule has 1 saturated carbocycles. The molecule has 0 aromatic carbocycles. The van der Waals surface area contributed by atoms with Gasteiger partial charge >= 0.3 is 0 Å². The van der Waals surface area contributed by atoms with Crippen molar-refractivity contribution in [2.45, 2.75) is 69.9 Å². The summed E-state index contributed by atoms with van der Waals surface area (Å²) in [5.41, 5.74) is 0. The van der Waals surface area contributed by atoms with Crippen molar-refractivity contribution in [1.82, 2.24) is 9.80 Å². The molecule has 2 heterocycles. The monoisotopic (exact) mass is 366 g/mol. The van der Waals surface area contributed by atoms with E-state index in [1.807, 2.05) is 9.80 Å². The smallest absolute Gasteiger partial charge is 0.249 e. The first-order chi connectivity index (χ1) is 12.7. The van der Waals surface area contributed by atoms with Crippen molar-refractivity contribution in [1.29, 1.82) is 0 Å². The van der Waals surface area contributed by atoms with Gasteiger partial charge in [0.15, 0.2) is 0 Å². The number of nitrogens with zero attached hydrogens (tertiary/aromatic N) is 2. The van der Waals surface area contributed by atoms with Crippen LogP contribution >= 0.6 is 0 Å². The molecule has 0 radical (unpaired) electrons. The summed E-state index contributed by atoms with van der Waals surface area (Å²) in [7, 11) is 1.56. The molecule has 3 aliphatic rings. The molecule has 2 aliphatic heterocycles. The van der Waals surface area contributed by atoms with E-state index in [9.17, 15) is 9.59 Å². The Morgan fingerprint density at radius 1 is 1.04 bits per heavy atom. The highest BCUT2D eigenvalue weighted by atomic mass is 16.5. The van der Waals surface area contributed by atoms with E-state index in [-0.39, 0.29) is 30.5 Å². The van der Waals surface area contributed by atoms with Gasteiger partial charge < -0.3 is 19.3 Å². The summed E-state index contributed by atoms with van der Waals surface area (Å²) in [5.74, 6) is 0.897. The topological polar surface area (TPSA) is 59.1 Å². The molecular weight excluding hydrogens is 332 g/mol. The molecule has 148 valence electrons. The molecule has 0 N–H and O–H groups in total. The van der Waals surface area contributed by atoms with Crippen LogP contribution in [0.2, 0.25) is 0 Å². The first-order valence-corrected chi connectivity index (χ1v) is 10.3. The molecule has 6 nitrogen and oxygen atoms in total. The van der Waals surface area contributed by atoms with Gasteiger partial charge in [0.05, 0.1) is 6.04 Å². The van der Waals surface area contributed by atoms with Crippen molar-refractivity contribution < 1.29 is 19.1 Å². The van der Waals surface area contributed by atoms with E-state index in [1.165, 1.54) is 32.1 Å². The van der Waals surface area contributed by atoms with Crippen molar-refractivity contribution in [2.75, 3.05) is 40.0 Å². The lowest BCUT2D eigenvalue weighted by Crippen LogP contribution is -2.51. The van der Waals surface area contributed by atoms with Gasteiger partial charge in [0, 0.05) is 45.9 Å². The summed E-state index contributed by atoms with van der Waals surface area (Å²) < 4.78 is 10.6. The minimum Gasteiger partial charge on any atom is -0.381 e. The van der Waals surface area contributed by atoms with Gasteiger partial charge in [-0.05, 0) is 38.0 Å². The van der Waals surface area contributed by atoms with Crippen molar-refractivity contribution in [3.05, 3.63) is 0 Å². The minimum atomic E-state index is 0.0472. The van der Waals surface area contributed by atoms with Crippen LogP contribution in [0, 0.1) is 5.92 Å². The molecule has 0 bridgehead atoms. The van der Waals surface area contributed by atoms with E-state index in [0.29, 0.717) is 32.1 Å². The molecule has 0 spiro atoms. The number of likely N-dealkylation sites (tertiary alicyclic amines) is 1. The van der Waals surface area contributed by atoms with Crippen LogP contribution < -0.4 is 0 Å². The fourth-order valence-corrected chi connectivity index (χ4v) is 4.83. The summed E-state index contributed by atoms with van der Waals surface area (Å²) in [6.07, 6.45) is 9.57. The number of methoxy groups -OCH3 is 1. The SMILES string of the molecule is COCC(=O)N(C1CCOCC1)[C@H]1CCN(C(=O)CC2CCCCC2)C1. The minimum absolute atomic E-state index is 0.0472. The average molecular weight is 367 g/mol. The van der Waals surface area contributed by atoms with Gasteiger partial charge in [0.2, 0.25) is 11.8 Å². The fraction of sp³-hybridized carbons (Fsp3) is 0.900. The molecule has 2 amide bonds. The van der Waals surface area contributed by atoms with E-state index >= 15 is 0 Å². The van der Waals surface area contributed by atoms with Gasteiger partial charge in [-0.15, -0.1) is 0 Å². The number of ether oxygens (including phenoxy) is 2. The predicted octanol–water partition coefficient (Wildman–Crippen LogP) is 2.21. The Kier molecular flexibility index (Phi) is 7.32. The van der Waals surface area contributed by atoms with Crippen LogP contribution in [0.5, 0.6) is 0 Å². The Morgan fingerprint density at radius 2 is 1.77 bits per heavy atom. The van der Waals surface area contributed by atoms with Gasteiger partial charge in [-0.25, -0.2) is 0 Å². The maximum atomic E-state index is 12.7. The maximum absolute atomic E-state index is 12.7. The van der Waals surface area contributed by atoms with E-state index in [4.69, 9.17) is 9.47 Å². The summed E-state index contributed by atoms with van der Waals surface area (Å²) in [6.45, 7) is 2.98. The lowest BCUT2D eigenvalue weighted by molar-refractivity contribution is -0.143. The third-order valence-electron chi connectivity index (χ3n) is 6.24. The highest BCUT2D eigenvalue weighted by molar-refractivity contribution is 5.79. The normalized spacial score (nSPS) is 25.4. The van der Waals surface area contributed by atoms with E-state index in [2.05, 4.69) is 0 Å². The van der Waals surface area contributed by atoms with E-state index in [0.717, 1.165) is 25.8 Å². The van der Waals surface area contributed by atoms with Crippen LogP contribution in [-0.4, -0.2) is 73.7 Å². The Hall–Kier alpha value is -1.14. The summed E-state index contributed by atoms with van der Waals surface area (Å²) in [4.78, 5) is 29.4. The fourth-order valence-electron chi connectivity index (χ4n) is 4.83. The quantitative estimate of drug-likeness (QED) is 0.723. The van der Waals surface area contributed by atoms with Crippen LogP contribution in [-0.2, 0) is 19.1 Å². The molecule has 2 saturated heterocycles. The lowest BCUT2D eigenvalue weighted by atomic mass is 9.87. The highest BCUT2D eigenvalue weighted by Crippen LogP contribution is 2.29. The molecule has 3 fully saturated rings. The molecule has 0 aromatic heterocycles. The van der Waals surface area contributed by atoms with Crippen molar-refractivity contribution in [3.8, 4) is 0 Å². The van der Waals surface area contributed by atoms with Crippen molar-refractivity contribution >= 4 is 11.8 Å². The molecule has 0 unspecified atom stereocenters. The van der Waals surface area contributed by atoms with Crippen LogP contribution in [0.3, 0.4) is 0 Å². The summed E-state index contributed by atoms with van der Waals surface area (Å²) in [5, 5.41) is 0. The van der Waals surface area contributed by atoms with E-state index < -0.39 is 0 Å². The first kappa shape index (κ1) is 19.6. The number of carbonyl (C=O) groups excluding carboxylic acids is 2. The second kappa shape index (κ2) is 9.70. The van der Waals surface area contributed by atoms with Gasteiger partial charge in [-0.2, -0.15) is 0 Å². The summed E-state index contributed by atoms with van der Waals surface area (Å²) in [6, 6.07) is 0.334. The Morgan fingerprint density at radius 3 is 2.46 bits per heavy atom. The number of amides is 2. The third-order valence-corrected chi connectivity index (χ3v) is 6.24. The molecule has 26 heavy (non-hydrogen) atoms. The standard InChI is InChI=1S/C20H34N2O4/c1-25-15-20(24)22(17-8-11-26-12-9-17)18-7-10-21(14-18)19(23)13-16-5-3-2-4-6-16/h16-18H,2-15H2,1H3/t18-/m0/s1. The Balaban J connectivity index is 1.57. The second-order valence-electron chi connectivity index (χ2n) is 8.07. The van der Waals surface area contributed by atoms with Gasteiger partial charge in [0.1, 0.15) is 6.61 Å². The zero-order valence-electron chi connectivity index (χ0n) is 16.2. The van der Waals surface area contributed by atoms with E-state index in [1.54, 1.807) is 7.11 Å². The van der Waals surface area contributed by atoms with Crippen LogP contribution in [0.1, 0.15) is 57.8 Å². The molecule has 3 rings (SSSR count). The zero-order valence-corrected chi connectivity index (χ0v) is 16.2. The third kappa shape index (κ3) is 4.97. The maximum Gasteiger partial charge on any atom is 0.249 e. The van der Waals surface area contributed by atoms with Crippen molar-refractivity contribution in [3.63, 3.8) is 0 Å². The zero-order chi connectivity index (χ0) is 18.4. The number of hydrogen-bond donors (Lipinski definition) is 0.